The number of benzene rings is 1. The van der Waals surface area contributed by atoms with Gasteiger partial charge in [-0.25, -0.2) is 13.1 Å². The fourth-order valence-electron chi connectivity index (χ4n) is 3.29. The normalized spacial score (nSPS) is 23.5. The fraction of sp³-hybridized carbons (Fsp3) is 0.562. The number of hydrogen-bond acceptors (Lipinski definition) is 4. The van der Waals surface area contributed by atoms with Crippen LogP contribution in [0.1, 0.15) is 32.3 Å². The van der Waals surface area contributed by atoms with Crippen LogP contribution >= 0.6 is 0 Å². The first-order valence-corrected chi connectivity index (χ1v) is 9.35. The van der Waals surface area contributed by atoms with E-state index in [0.717, 1.165) is 18.7 Å². The van der Waals surface area contributed by atoms with Gasteiger partial charge in [0.25, 0.3) is 0 Å². The van der Waals surface area contributed by atoms with Crippen LogP contribution in [0.4, 0.5) is 5.69 Å². The van der Waals surface area contributed by atoms with E-state index in [0.29, 0.717) is 12.8 Å². The maximum Gasteiger partial charge on any atom is 0.240 e. The van der Waals surface area contributed by atoms with E-state index in [1.54, 1.807) is 12.1 Å². The van der Waals surface area contributed by atoms with Crippen molar-refractivity contribution >= 4 is 21.6 Å². The minimum atomic E-state index is -3.62. The Labute approximate surface area is 137 Å². The molecule has 7 heteroatoms. The molecule has 1 amide bonds. The molecule has 2 aliphatic rings. The first-order chi connectivity index (χ1) is 10.7. The lowest BCUT2D eigenvalue weighted by Crippen LogP contribution is -2.61. The summed E-state index contributed by atoms with van der Waals surface area (Å²) in [6, 6.07) is 4.96. The zero-order valence-corrected chi connectivity index (χ0v) is 14.5. The van der Waals surface area contributed by atoms with Gasteiger partial charge in [0.2, 0.25) is 15.9 Å². The molecule has 1 unspecified atom stereocenters. The summed E-state index contributed by atoms with van der Waals surface area (Å²) in [5, 5.41) is 2.85. The Morgan fingerprint density at radius 3 is 2.74 bits per heavy atom. The molecule has 2 aliphatic heterocycles. The van der Waals surface area contributed by atoms with Crippen LogP contribution in [0.15, 0.2) is 23.1 Å². The van der Waals surface area contributed by atoms with Crippen LogP contribution < -0.4 is 14.9 Å². The zero-order chi connectivity index (χ0) is 16.8. The summed E-state index contributed by atoms with van der Waals surface area (Å²) in [6.45, 7) is 4.59. The van der Waals surface area contributed by atoms with Crippen LogP contribution in [0.2, 0.25) is 0 Å². The van der Waals surface area contributed by atoms with Gasteiger partial charge in [-0.3, -0.25) is 4.79 Å². The van der Waals surface area contributed by atoms with Crippen molar-refractivity contribution in [1.82, 2.24) is 10.0 Å². The van der Waals surface area contributed by atoms with Crippen LogP contribution in [0.3, 0.4) is 0 Å². The van der Waals surface area contributed by atoms with Crippen molar-refractivity contribution in [2.75, 3.05) is 18.5 Å². The molecule has 1 aromatic carbocycles. The summed E-state index contributed by atoms with van der Waals surface area (Å²) in [7, 11) is -1.65. The maximum absolute atomic E-state index is 12.7. The van der Waals surface area contributed by atoms with Gasteiger partial charge >= 0.3 is 0 Å². The summed E-state index contributed by atoms with van der Waals surface area (Å²) in [5.74, 6) is -0.0374. The minimum Gasteiger partial charge on any atom is -0.374 e. The first-order valence-electron chi connectivity index (χ1n) is 7.86. The molecule has 1 fully saturated rings. The minimum absolute atomic E-state index is 0.0374. The average molecular weight is 337 g/mol. The lowest BCUT2D eigenvalue weighted by atomic mass is 9.88. The van der Waals surface area contributed by atoms with Crippen molar-refractivity contribution < 1.29 is 13.2 Å². The molecule has 0 radical (unpaired) electrons. The lowest BCUT2D eigenvalue weighted by molar-refractivity contribution is -0.125. The third-order valence-electron chi connectivity index (χ3n) is 4.79. The van der Waals surface area contributed by atoms with Crippen LogP contribution in [-0.2, 0) is 21.2 Å². The van der Waals surface area contributed by atoms with Gasteiger partial charge in [-0.1, -0.05) is 6.07 Å². The SMILES string of the molecule is CN1CCc2ccc(S(=O)(=O)NC3CCC(=O)NC3(C)C)cc21. The van der Waals surface area contributed by atoms with E-state index >= 15 is 0 Å². The van der Waals surface area contributed by atoms with Crippen molar-refractivity contribution in [1.29, 1.82) is 0 Å². The van der Waals surface area contributed by atoms with Crippen molar-refractivity contribution in [3.63, 3.8) is 0 Å². The van der Waals surface area contributed by atoms with Gasteiger partial charge in [-0.2, -0.15) is 0 Å². The van der Waals surface area contributed by atoms with E-state index in [2.05, 4.69) is 14.9 Å². The number of sulfonamides is 1. The number of hydrogen-bond donors (Lipinski definition) is 2. The predicted octanol–water partition coefficient (Wildman–Crippen LogP) is 1.01. The number of rotatable bonds is 3. The molecule has 1 atom stereocenters. The quantitative estimate of drug-likeness (QED) is 0.863. The zero-order valence-electron chi connectivity index (χ0n) is 13.7. The van der Waals surface area contributed by atoms with Crippen molar-refractivity contribution in [3.05, 3.63) is 23.8 Å². The molecule has 6 nitrogen and oxygen atoms in total. The van der Waals surface area contributed by atoms with Gasteiger partial charge in [0.05, 0.1) is 10.4 Å². The highest BCUT2D eigenvalue weighted by Crippen LogP contribution is 2.30. The second kappa shape index (κ2) is 5.49. The Morgan fingerprint density at radius 1 is 1.30 bits per heavy atom. The van der Waals surface area contributed by atoms with Crippen LogP contribution in [-0.4, -0.2) is 39.5 Å². The van der Waals surface area contributed by atoms with Crippen LogP contribution in [0.5, 0.6) is 0 Å². The average Bonchev–Trinajstić information content (AvgIpc) is 2.83. The molecular formula is C16H23N3O3S. The van der Waals surface area contributed by atoms with Crippen LogP contribution in [0, 0.1) is 0 Å². The van der Waals surface area contributed by atoms with E-state index < -0.39 is 15.6 Å². The lowest BCUT2D eigenvalue weighted by Gasteiger charge is -2.39. The van der Waals surface area contributed by atoms with E-state index in [1.165, 1.54) is 5.56 Å². The summed E-state index contributed by atoms with van der Waals surface area (Å²) < 4.78 is 28.2. The number of nitrogens with one attached hydrogen (secondary N) is 2. The van der Waals surface area contributed by atoms with E-state index in [1.807, 2.05) is 27.0 Å². The van der Waals surface area contributed by atoms with Gasteiger partial charge in [0.1, 0.15) is 0 Å². The Hall–Kier alpha value is -1.60. The summed E-state index contributed by atoms with van der Waals surface area (Å²) >= 11 is 0. The Kier molecular flexibility index (Phi) is 3.88. The monoisotopic (exact) mass is 337 g/mol. The number of amides is 1. The molecule has 0 spiro atoms. The third kappa shape index (κ3) is 3.07. The van der Waals surface area contributed by atoms with Gasteiger partial charge in [0, 0.05) is 31.7 Å². The molecule has 2 heterocycles. The molecule has 3 rings (SSSR count). The molecule has 0 aliphatic carbocycles. The fourth-order valence-corrected chi connectivity index (χ4v) is 4.73. The van der Waals surface area contributed by atoms with E-state index in [-0.39, 0.29) is 16.8 Å². The Bertz CT molecular complexity index is 743. The third-order valence-corrected chi connectivity index (χ3v) is 6.25. The standard InChI is InChI=1S/C16H23N3O3S/c1-16(2)14(6-7-15(20)17-16)18-23(21,22)12-5-4-11-8-9-19(3)13(11)10-12/h4-5,10,14,18H,6-9H2,1-3H3,(H,17,20). The number of piperidine rings is 1. The molecule has 1 saturated heterocycles. The number of fused-ring (bicyclic) bond motifs is 1. The maximum atomic E-state index is 12.7. The smallest absolute Gasteiger partial charge is 0.240 e. The van der Waals surface area contributed by atoms with Crippen LogP contribution in [0.25, 0.3) is 0 Å². The Balaban J connectivity index is 1.85. The van der Waals surface area contributed by atoms with Crippen molar-refractivity contribution in [2.45, 2.75) is 49.6 Å². The van der Waals surface area contributed by atoms with Crippen molar-refractivity contribution in [3.8, 4) is 0 Å². The predicted molar refractivity (Wildman–Crippen MR) is 89.0 cm³/mol. The largest absolute Gasteiger partial charge is 0.374 e. The molecule has 1 aromatic rings. The van der Waals surface area contributed by atoms with Gasteiger partial charge in [-0.05, 0) is 44.4 Å². The number of carbonyl (C=O) groups is 1. The summed E-state index contributed by atoms with van der Waals surface area (Å²) in [6.07, 6.45) is 1.79. The summed E-state index contributed by atoms with van der Waals surface area (Å²) in [5.41, 5.74) is 1.55. The van der Waals surface area contributed by atoms with E-state index in [9.17, 15) is 13.2 Å². The van der Waals surface area contributed by atoms with Gasteiger partial charge < -0.3 is 10.2 Å². The number of carbonyl (C=O) groups excluding carboxylic acids is 1. The summed E-state index contributed by atoms with van der Waals surface area (Å²) in [4.78, 5) is 13.9. The number of nitrogens with zero attached hydrogens (tertiary/aromatic N) is 1. The first kappa shape index (κ1) is 16.3. The van der Waals surface area contributed by atoms with Gasteiger partial charge in [0.15, 0.2) is 0 Å². The molecular weight excluding hydrogens is 314 g/mol. The van der Waals surface area contributed by atoms with E-state index in [4.69, 9.17) is 0 Å². The molecule has 0 aromatic heterocycles. The van der Waals surface area contributed by atoms with Gasteiger partial charge in [-0.15, -0.1) is 0 Å². The van der Waals surface area contributed by atoms with Crippen molar-refractivity contribution in [2.24, 2.45) is 0 Å². The Morgan fingerprint density at radius 2 is 2.04 bits per heavy atom. The number of anilines is 1. The highest BCUT2D eigenvalue weighted by Gasteiger charge is 2.38. The highest BCUT2D eigenvalue weighted by molar-refractivity contribution is 7.89. The number of likely N-dealkylation sites (N-methyl/N-ethyl adjacent to an activating group) is 1. The molecule has 0 bridgehead atoms. The molecule has 23 heavy (non-hydrogen) atoms. The topological polar surface area (TPSA) is 78.5 Å². The second-order valence-electron chi connectivity index (χ2n) is 6.94. The molecule has 0 saturated carbocycles. The second-order valence-corrected chi connectivity index (χ2v) is 8.66. The molecule has 2 N–H and O–H groups in total. The highest BCUT2D eigenvalue weighted by atomic mass is 32.2. The molecule has 126 valence electrons.